The highest BCUT2D eigenvalue weighted by Crippen LogP contribution is 2.32. The number of esters is 1. The molecule has 162 valence electrons. The Bertz CT molecular complexity index is 723. The lowest BCUT2D eigenvalue weighted by Crippen LogP contribution is -2.61. The van der Waals surface area contributed by atoms with E-state index in [4.69, 9.17) is 18.9 Å². The average Bonchev–Trinajstić information content (AvgIpc) is 2.66. The van der Waals surface area contributed by atoms with Gasteiger partial charge in [-0.2, -0.15) is 0 Å². The Hall–Kier alpha value is -2.31. The second-order valence-corrected chi connectivity index (χ2v) is 6.81. The van der Waals surface area contributed by atoms with Crippen LogP contribution in [0.3, 0.4) is 0 Å². The second-order valence-electron chi connectivity index (χ2n) is 6.81. The van der Waals surface area contributed by atoms with Crippen LogP contribution in [-0.2, 0) is 25.6 Å². The van der Waals surface area contributed by atoms with Crippen molar-refractivity contribution >= 4 is 11.7 Å². The molecule has 2 rings (SSSR count). The van der Waals surface area contributed by atoms with Crippen LogP contribution in [0.15, 0.2) is 18.2 Å². The Labute approximate surface area is 166 Å². The molecule has 1 aromatic rings. The fraction of sp³-hybridized carbons (Fsp3) is 0.611. The third-order valence-corrected chi connectivity index (χ3v) is 4.16. The third-order valence-electron chi connectivity index (χ3n) is 4.16. The van der Waals surface area contributed by atoms with Crippen molar-refractivity contribution in [3.05, 3.63) is 33.9 Å². The highest BCUT2D eigenvalue weighted by atomic mass is 16.7. The summed E-state index contributed by atoms with van der Waals surface area (Å²) >= 11 is 0. The smallest absolute Gasteiger partial charge is 0.311 e. The highest BCUT2D eigenvalue weighted by Gasteiger charge is 2.47. The third kappa shape index (κ3) is 5.84. The quantitative estimate of drug-likeness (QED) is 0.306. The molecule has 0 bridgehead atoms. The molecule has 1 aliphatic heterocycles. The first kappa shape index (κ1) is 23.0. The average molecular weight is 415 g/mol. The van der Waals surface area contributed by atoms with E-state index in [2.05, 4.69) is 0 Å². The van der Waals surface area contributed by atoms with Crippen molar-refractivity contribution in [1.82, 2.24) is 0 Å². The molecule has 3 N–H and O–H groups in total. The number of carbonyl (C=O) groups is 1. The van der Waals surface area contributed by atoms with E-state index in [0.717, 1.165) is 6.07 Å². The van der Waals surface area contributed by atoms with Gasteiger partial charge in [0.25, 0.3) is 0 Å². The van der Waals surface area contributed by atoms with Crippen LogP contribution >= 0.6 is 0 Å². The lowest BCUT2D eigenvalue weighted by atomic mass is 9.98. The molecular formula is C18H25NO10. The summed E-state index contributed by atoms with van der Waals surface area (Å²) in [4.78, 5) is 21.6. The number of carbonyl (C=O) groups excluding carboxylic acids is 1. The van der Waals surface area contributed by atoms with Crippen molar-refractivity contribution in [2.24, 2.45) is 0 Å². The SMILES string of the molecule is CC(=O)OCc1ccc(OC2OC(CO)[C@@H](OC(C)C)C(O)[C@H]2O)c([N+](=O)[O-])c1. The molecule has 1 heterocycles. The van der Waals surface area contributed by atoms with Gasteiger partial charge in [-0.05, 0) is 25.5 Å². The van der Waals surface area contributed by atoms with Gasteiger partial charge in [0.05, 0.1) is 17.6 Å². The van der Waals surface area contributed by atoms with E-state index < -0.39 is 53.9 Å². The van der Waals surface area contributed by atoms with E-state index in [1.165, 1.54) is 19.1 Å². The molecule has 5 atom stereocenters. The number of nitro groups is 1. The van der Waals surface area contributed by atoms with E-state index in [0.29, 0.717) is 5.56 Å². The van der Waals surface area contributed by atoms with Crippen LogP contribution in [0, 0.1) is 10.1 Å². The van der Waals surface area contributed by atoms with Crippen molar-refractivity contribution < 1.29 is 44.0 Å². The molecule has 0 radical (unpaired) electrons. The van der Waals surface area contributed by atoms with Crippen molar-refractivity contribution in [1.29, 1.82) is 0 Å². The molecule has 0 amide bonds. The minimum Gasteiger partial charge on any atom is -0.461 e. The van der Waals surface area contributed by atoms with Crippen molar-refractivity contribution in [3.8, 4) is 5.75 Å². The van der Waals surface area contributed by atoms with Crippen molar-refractivity contribution in [2.75, 3.05) is 6.61 Å². The predicted molar refractivity (Wildman–Crippen MR) is 97.0 cm³/mol. The number of nitro benzene ring substituents is 1. The molecule has 11 heteroatoms. The number of benzene rings is 1. The van der Waals surface area contributed by atoms with Crippen LogP contribution in [-0.4, -0.2) is 69.6 Å². The van der Waals surface area contributed by atoms with Gasteiger partial charge in [0.1, 0.15) is 31.0 Å². The van der Waals surface area contributed by atoms with Gasteiger partial charge in [-0.3, -0.25) is 14.9 Å². The van der Waals surface area contributed by atoms with Crippen LogP contribution in [0.1, 0.15) is 26.3 Å². The van der Waals surface area contributed by atoms with Crippen LogP contribution in [0.5, 0.6) is 5.75 Å². The lowest BCUT2D eigenvalue weighted by Gasteiger charge is -2.42. The highest BCUT2D eigenvalue weighted by molar-refractivity contribution is 5.66. The van der Waals surface area contributed by atoms with Gasteiger partial charge in [0, 0.05) is 13.0 Å². The lowest BCUT2D eigenvalue weighted by molar-refractivity contribution is -0.387. The fourth-order valence-electron chi connectivity index (χ4n) is 2.84. The molecule has 0 saturated carbocycles. The molecule has 0 aromatic heterocycles. The van der Waals surface area contributed by atoms with E-state index >= 15 is 0 Å². The minimum atomic E-state index is -1.58. The predicted octanol–water partition coefficient (Wildman–Crippen LogP) is 0.269. The van der Waals surface area contributed by atoms with Crippen molar-refractivity contribution in [3.63, 3.8) is 0 Å². The van der Waals surface area contributed by atoms with Gasteiger partial charge in [-0.15, -0.1) is 0 Å². The van der Waals surface area contributed by atoms with Gasteiger partial charge >= 0.3 is 11.7 Å². The van der Waals surface area contributed by atoms with Crippen LogP contribution < -0.4 is 4.74 Å². The number of nitrogens with zero attached hydrogens (tertiary/aromatic N) is 1. The zero-order valence-electron chi connectivity index (χ0n) is 16.3. The fourth-order valence-corrected chi connectivity index (χ4v) is 2.84. The number of aliphatic hydroxyl groups excluding tert-OH is 3. The Morgan fingerprint density at radius 2 is 2.00 bits per heavy atom. The molecule has 1 fully saturated rings. The first-order valence-electron chi connectivity index (χ1n) is 8.99. The molecule has 0 spiro atoms. The normalized spacial score (nSPS) is 26.9. The Kier molecular flexibility index (Phi) is 7.88. The molecule has 1 aliphatic rings. The zero-order chi connectivity index (χ0) is 21.7. The van der Waals surface area contributed by atoms with E-state index in [1.54, 1.807) is 13.8 Å². The standard InChI is InChI=1S/C18H25NO10/c1-9(2)27-17-14(7-20)29-18(16(23)15(17)22)28-13-5-4-11(8-26-10(3)21)6-12(13)19(24)25/h4-6,9,14-18,20,22-23H,7-8H2,1-3H3/t14?,15?,16-,17-,18?/m1/s1. The Morgan fingerprint density at radius 1 is 1.31 bits per heavy atom. The molecule has 1 saturated heterocycles. The molecule has 1 aromatic carbocycles. The molecule has 3 unspecified atom stereocenters. The van der Waals surface area contributed by atoms with Gasteiger partial charge < -0.3 is 34.3 Å². The summed E-state index contributed by atoms with van der Waals surface area (Å²) in [7, 11) is 0. The number of aliphatic hydroxyl groups is 3. The van der Waals surface area contributed by atoms with Gasteiger partial charge in [-0.1, -0.05) is 6.07 Å². The number of hydrogen-bond acceptors (Lipinski definition) is 10. The second kappa shape index (κ2) is 9.94. The largest absolute Gasteiger partial charge is 0.461 e. The van der Waals surface area contributed by atoms with E-state index in [9.17, 15) is 30.2 Å². The minimum absolute atomic E-state index is 0.154. The monoisotopic (exact) mass is 415 g/mol. The summed E-state index contributed by atoms with van der Waals surface area (Å²) < 4.78 is 21.2. The first-order chi connectivity index (χ1) is 13.6. The van der Waals surface area contributed by atoms with Gasteiger partial charge in [-0.25, -0.2) is 0 Å². The Balaban J connectivity index is 2.21. The summed E-state index contributed by atoms with van der Waals surface area (Å²) in [5.74, 6) is -0.758. The van der Waals surface area contributed by atoms with Crippen LogP contribution in [0.4, 0.5) is 5.69 Å². The van der Waals surface area contributed by atoms with Gasteiger partial charge in [0.2, 0.25) is 6.29 Å². The van der Waals surface area contributed by atoms with Crippen molar-refractivity contribution in [2.45, 2.75) is 64.2 Å². The number of rotatable bonds is 8. The number of hydrogen-bond donors (Lipinski definition) is 3. The van der Waals surface area contributed by atoms with Crippen LogP contribution in [0.25, 0.3) is 0 Å². The molecule has 11 nitrogen and oxygen atoms in total. The van der Waals surface area contributed by atoms with E-state index in [-0.39, 0.29) is 18.5 Å². The maximum Gasteiger partial charge on any atom is 0.311 e. The zero-order valence-corrected chi connectivity index (χ0v) is 16.3. The number of ether oxygens (including phenoxy) is 4. The summed E-state index contributed by atoms with van der Waals surface area (Å²) in [5.41, 5.74) is -0.0796. The topological polar surface area (TPSA) is 158 Å². The first-order valence-corrected chi connectivity index (χ1v) is 8.99. The summed E-state index contributed by atoms with van der Waals surface area (Å²) in [5, 5.41) is 41.6. The van der Waals surface area contributed by atoms with Crippen LogP contribution in [0.2, 0.25) is 0 Å². The maximum atomic E-state index is 11.4. The summed E-state index contributed by atoms with van der Waals surface area (Å²) in [6.07, 6.45) is -6.83. The summed E-state index contributed by atoms with van der Waals surface area (Å²) in [6.45, 7) is 3.98. The molecule has 29 heavy (non-hydrogen) atoms. The Morgan fingerprint density at radius 3 is 2.55 bits per heavy atom. The maximum absolute atomic E-state index is 11.4. The summed E-state index contributed by atoms with van der Waals surface area (Å²) in [6, 6.07) is 3.88. The van der Waals surface area contributed by atoms with Gasteiger partial charge in [0.15, 0.2) is 5.75 Å². The van der Waals surface area contributed by atoms with E-state index in [1.807, 2.05) is 0 Å². The molecule has 0 aliphatic carbocycles. The molecular weight excluding hydrogens is 390 g/mol.